The van der Waals surface area contributed by atoms with Crippen LogP contribution in [0, 0.1) is 0 Å². The number of hydrogen-bond donors (Lipinski definition) is 1. The monoisotopic (exact) mass is 214 g/mol. The lowest BCUT2D eigenvalue weighted by Crippen LogP contribution is -2.24. The maximum Gasteiger partial charge on any atom is 0.345 e. The van der Waals surface area contributed by atoms with Crippen molar-refractivity contribution in [2.24, 2.45) is 0 Å². The Morgan fingerprint density at radius 2 is 2.06 bits per heavy atom. The van der Waals surface area contributed by atoms with E-state index in [-0.39, 0.29) is 0 Å². The second-order valence-electron chi connectivity index (χ2n) is 3.92. The summed E-state index contributed by atoms with van der Waals surface area (Å²) in [5.74, 6) is -0.175. The van der Waals surface area contributed by atoms with Crippen molar-refractivity contribution in [1.29, 1.82) is 0 Å². The van der Waals surface area contributed by atoms with Gasteiger partial charge in [0.15, 0.2) is 6.10 Å². The van der Waals surface area contributed by atoms with Crippen molar-refractivity contribution in [3.8, 4) is 5.75 Å². The molecule has 0 radical (unpaired) electrons. The van der Waals surface area contributed by atoms with Gasteiger partial charge in [-0.15, -0.1) is 0 Å². The molecule has 0 spiro atoms. The Bertz CT molecular complexity index is 574. The van der Waals surface area contributed by atoms with Crippen molar-refractivity contribution in [3.63, 3.8) is 0 Å². The van der Waals surface area contributed by atoms with Gasteiger partial charge in [0, 0.05) is 11.8 Å². The average Bonchev–Trinajstić information content (AvgIpc) is 2.73. The van der Waals surface area contributed by atoms with Gasteiger partial charge in [0.1, 0.15) is 5.75 Å². The first-order valence-electron chi connectivity index (χ1n) is 5.16. The van der Waals surface area contributed by atoms with Crippen molar-refractivity contribution in [2.45, 2.75) is 12.5 Å². The standard InChI is InChI=1S/C13H10O3/c14-13(15)11-7-9-6-5-8-3-1-2-4-10(8)12(9)16-11/h1-6,11H,7H2,(H,14,15). The fourth-order valence-electron chi connectivity index (χ4n) is 2.11. The maximum absolute atomic E-state index is 10.9. The number of aliphatic carboxylic acids is 1. The number of carbonyl (C=O) groups is 1. The zero-order valence-electron chi connectivity index (χ0n) is 8.51. The second kappa shape index (κ2) is 3.23. The molecule has 0 aliphatic carbocycles. The summed E-state index contributed by atoms with van der Waals surface area (Å²) in [5, 5.41) is 11.0. The summed E-state index contributed by atoms with van der Waals surface area (Å²) in [5.41, 5.74) is 0.978. The van der Waals surface area contributed by atoms with E-state index in [1.807, 2.05) is 36.4 Å². The molecular weight excluding hydrogens is 204 g/mol. The average molecular weight is 214 g/mol. The lowest BCUT2D eigenvalue weighted by molar-refractivity contribution is -0.144. The van der Waals surface area contributed by atoms with Crippen LogP contribution < -0.4 is 4.74 Å². The Kier molecular flexibility index (Phi) is 1.86. The van der Waals surface area contributed by atoms with Gasteiger partial charge in [-0.3, -0.25) is 0 Å². The zero-order valence-corrected chi connectivity index (χ0v) is 8.51. The number of fused-ring (bicyclic) bond motifs is 3. The predicted molar refractivity (Wildman–Crippen MR) is 59.7 cm³/mol. The van der Waals surface area contributed by atoms with Crippen LogP contribution in [0.15, 0.2) is 36.4 Å². The van der Waals surface area contributed by atoms with Crippen molar-refractivity contribution in [2.75, 3.05) is 0 Å². The SMILES string of the molecule is O=C(O)C1Cc2ccc3ccccc3c2O1. The van der Waals surface area contributed by atoms with Crippen LogP contribution in [0.2, 0.25) is 0 Å². The summed E-state index contributed by atoms with van der Waals surface area (Å²) in [6, 6.07) is 11.8. The summed E-state index contributed by atoms with van der Waals surface area (Å²) in [6.07, 6.45) is -0.281. The maximum atomic E-state index is 10.9. The molecule has 2 aromatic rings. The van der Waals surface area contributed by atoms with Crippen molar-refractivity contribution in [1.82, 2.24) is 0 Å². The summed E-state index contributed by atoms with van der Waals surface area (Å²) in [4.78, 5) is 10.9. The Morgan fingerprint density at radius 3 is 2.88 bits per heavy atom. The highest BCUT2D eigenvalue weighted by Crippen LogP contribution is 2.36. The van der Waals surface area contributed by atoms with Crippen molar-refractivity contribution >= 4 is 16.7 Å². The number of hydrogen-bond acceptors (Lipinski definition) is 2. The number of benzene rings is 2. The normalized spacial score (nSPS) is 18.1. The fraction of sp³-hybridized carbons (Fsp3) is 0.154. The van der Waals surface area contributed by atoms with Crippen LogP contribution in [0.4, 0.5) is 0 Å². The van der Waals surface area contributed by atoms with E-state index in [0.29, 0.717) is 6.42 Å². The van der Waals surface area contributed by atoms with E-state index in [4.69, 9.17) is 9.84 Å². The quantitative estimate of drug-likeness (QED) is 0.791. The molecule has 2 aromatic carbocycles. The van der Waals surface area contributed by atoms with Gasteiger partial charge in [0.2, 0.25) is 0 Å². The van der Waals surface area contributed by atoms with Crippen LogP contribution in [-0.2, 0) is 11.2 Å². The molecule has 0 saturated heterocycles. The van der Waals surface area contributed by atoms with Gasteiger partial charge in [-0.2, -0.15) is 0 Å². The molecule has 3 rings (SSSR count). The van der Waals surface area contributed by atoms with Gasteiger partial charge in [-0.25, -0.2) is 4.79 Å². The van der Waals surface area contributed by atoms with E-state index in [9.17, 15) is 4.79 Å². The summed E-state index contributed by atoms with van der Waals surface area (Å²) >= 11 is 0. The lowest BCUT2D eigenvalue weighted by Gasteiger charge is -2.06. The molecule has 80 valence electrons. The third-order valence-corrected chi connectivity index (χ3v) is 2.90. The smallest absolute Gasteiger partial charge is 0.345 e. The number of rotatable bonds is 1. The highest BCUT2D eigenvalue weighted by molar-refractivity contribution is 5.91. The molecule has 0 saturated carbocycles. The molecule has 1 N–H and O–H groups in total. The van der Waals surface area contributed by atoms with Gasteiger partial charge in [0.05, 0.1) is 0 Å². The summed E-state index contributed by atoms with van der Waals surface area (Å²) in [6.45, 7) is 0. The lowest BCUT2D eigenvalue weighted by atomic mass is 10.0. The summed E-state index contributed by atoms with van der Waals surface area (Å²) in [7, 11) is 0. The van der Waals surface area contributed by atoms with E-state index in [0.717, 1.165) is 22.1 Å². The molecule has 1 unspecified atom stereocenters. The molecule has 0 bridgehead atoms. The van der Waals surface area contributed by atoms with Gasteiger partial charge < -0.3 is 9.84 Å². The van der Waals surface area contributed by atoms with Crippen LogP contribution in [0.1, 0.15) is 5.56 Å². The van der Waals surface area contributed by atoms with E-state index >= 15 is 0 Å². The van der Waals surface area contributed by atoms with Crippen molar-refractivity contribution < 1.29 is 14.6 Å². The molecule has 3 nitrogen and oxygen atoms in total. The van der Waals surface area contributed by atoms with E-state index in [1.54, 1.807) is 0 Å². The number of ether oxygens (including phenoxy) is 1. The first-order valence-corrected chi connectivity index (χ1v) is 5.16. The van der Waals surface area contributed by atoms with Crippen LogP contribution in [0.25, 0.3) is 10.8 Å². The van der Waals surface area contributed by atoms with Crippen LogP contribution >= 0.6 is 0 Å². The predicted octanol–water partition coefficient (Wildman–Crippen LogP) is 2.23. The molecule has 1 atom stereocenters. The van der Waals surface area contributed by atoms with Crippen molar-refractivity contribution in [3.05, 3.63) is 42.0 Å². The molecular formula is C13H10O3. The minimum atomic E-state index is -0.903. The Morgan fingerprint density at radius 1 is 1.25 bits per heavy atom. The molecule has 1 aliphatic heterocycles. The Hall–Kier alpha value is -2.03. The third kappa shape index (κ3) is 1.25. The number of carboxylic acids is 1. The largest absolute Gasteiger partial charge is 0.478 e. The summed E-state index contributed by atoms with van der Waals surface area (Å²) < 4.78 is 5.48. The van der Waals surface area contributed by atoms with Gasteiger partial charge in [-0.05, 0) is 10.9 Å². The highest BCUT2D eigenvalue weighted by atomic mass is 16.5. The van der Waals surface area contributed by atoms with Gasteiger partial charge in [0.25, 0.3) is 0 Å². The first-order chi connectivity index (χ1) is 7.75. The van der Waals surface area contributed by atoms with Gasteiger partial charge in [-0.1, -0.05) is 36.4 Å². The minimum absolute atomic E-state index is 0.454. The molecule has 0 fully saturated rings. The van der Waals surface area contributed by atoms with E-state index in [2.05, 4.69) is 0 Å². The molecule has 3 heteroatoms. The molecule has 1 heterocycles. The first kappa shape index (κ1) is 9.21. The van der Waals surface area contributed by atoms with E-state index in [1.165, 1.54) is 0 Å². The third-order valence-electron chi connectivity index (χ3n) is 2.90. The Labute approximate surface area is 92.3 Å². The Balaban J connectivity index is 2.17. The second-order valence-corrected chi connectivity index (χ2v) is 3.92. The molecule has 0 aromatic heterocycles. The molecule has 1 aliphatic rings. The van der Waals surface area contributed by atoms with Gasteiger partial charge >= 0.3 is 5.97 Å². The molecule has 16 heavy (non-hydrogen) atoms. The van der Waals surface area contributed by atoms with Crippen LogP contribution in [0.3, 0.4) is 0 Å². The van der Waals surface area contributed by atoms with Crippen LogP contribution in [-0.4, -0.2) is 17.2 Å². The highest BCUT2D eigenvalue weighted by Gasteiger charge is 2.29. The number of carboxylic acid groups (broad SMARTS) is 1. The zero-order chi connectivity index (χ0) is 11.1. The molecule has 0 amide bonds. The minimum Gasteiger partial charge on any atom is -0.478 e. The fourth-order valence-corrected chi connectivity index (χ4v) is 2.11. The topological polar surface area (TPSA) is 46.5 Å². The van der Waals surface area contributed by atoms with Crippen LogP contribution in [0.5, 0.6) is 5.75 Å². The van der Waals surface area contributed by atoms with E-state index < -0.39 is 12.1 Å².